The monoisotopic (exact) mass is 227 g/mol. The molecule has 0 fully saturated rings. The third-order valence-electron chi connectivity index (χ3n) is 2.72. The van der Waals surface area contributed by atoms with Gasteiger partial charge in [0, 0.05) is 6.61 Å². The highest BCUT2D eigenvalue weighted by Gasteiger charge is 1.95. The number of unbranched alkanes of at least 4 members (excludes halogenated alkanes) is 8. The first-order chi connectivity index (χ1) is 7.77. The lowest BCUT2D eigenvalue weighted by atomic mass is 10.1. The third-order valence-corrected chi connectivity index (χ3v) is 2.72. The predicted molar refractivity (Wildman–Crippen MR) is 72.3 cm³/mol. The first-order valence-electron chi connectivity index (χ1n) is 7.20. The molecule has 0 spiro atoms. The molecule has 97 valence electrons. The van der Waals surface area contributed by atoms with Gasteiger partial charge in [0.05, 0.1) is 6.61 Å². The van der Waals surface area contributed by atoms with E-state index in [1.165, 1.54) is 51.4 Å². The van der Waals surface area contributed by atoms with Crippen molar-refractivity contribution in [1.82, 2.24) is 0 Å². The van der Waals surface area contributed by atoms with Gasteiger partial charge < -0.3 is 4.74 Å². The van der Waals surface area contributed by atoms with Gasteiger partial charge in [0.1, 0.15) is 0 Å². The largest absolute Gasteiger partial charge is 0.375 e. The van der Waals surface area contributed by atoms with E-state index in [1.807, 2.05) is 6.61 Å². The lowest BCUT2D eigenvalue weighted by Gasteiger charge is -2.05. The molecule has 0 heterocycles. The maximum absolute atomic E-state index is 5.43. The van der Waals surface area contributed by atoms with Crippen molar-refractivity contribution in [3.8, 4) is 0 Å². The minimum atomic E-state index is 0.648. The Morgan fingerprint density at radius 2 is 1.44 bits per heavy atom. The minimum absolute atomic E-state index is 0.648. The van der Waals surface area contributed by atoms with E-state index < -0.39 is 0 Å². The van der Waals surface area contributed by atoms with Crippen LogP contribution in [0.2, 0.25) is 0 Å². The summed E-state index contributed by atoms with van der Waals surface area (Å²) in [6.07, 6.45) is 12.2. The summed E-state index contributed by atoms with van der Waals surface area (Å²) in [6.45, 7) is 9.51. The molecule has 0 bridgehead atoms. The van der Waals surface area contributed by atoms with Crippen LogP contribution in [0.4, 0.5) is 0 Å². The van der Waals surface area contributed by atoms with Crippen molar-refractivity contribution in [2.45, 2.75) is 78.6 Å². The zero-order valence-corrected chi connectivity index (χ0v) is 11.6. The second kappa shape index (κ2) is 13.0. The van der Waals surface area contributed by atoms with Gasteiger partial charge in [-0.05, 0) is 12.3 Å². The molecule has 0 aliphatic carbocycles. The van der Waals surface area contributed by atoms with Crippen molar-refractivity contribution in [3.63, 3.8) is 0 Å². The molecule has 1 heteroatoms. The van der Waals surface area contributed by atoms with Gasteiger partial charge in [-0.15, -0.1) is 0 Å². The first kappa shape index (κ1) is 16.0. The Hall–Kier alpha value is -0.0400. The van der Waals surface area contributed by atoms with Gasteiger partial charge in [0.2, 0.25) is 0 Å². The molecule has 1 radical (unpaired) electrons. The minimum Gasteiger partial charge on any atom is -0.375 e. The van der Waals surface area contributed by atoms with Gasteiger partial charge in [-0.3, -0.25) is 0 Å². The lowest BCUT2D eigenvalue weighted by Crippen LogP contribution is -1.99. The highest BCUT2D eigenvalue weighted by molar-refractivity contribution is 4.54. The van der Waals surface area contributed by atoms with Gasteiger partial charge in [0.25, 0.3) is 0 Å². The summed E-state index contributed by atoms with van der Waals surface area (Å²) in [5.41, 5.74) is 0. The summed E-state index contributed by atoms with van der Waals surface area (Å²) in [4.78, 5) is 0. The molecule has 16 heavy (non-hydrogen) atoms. The maximum Gasteiger partial charge on any atom is 0.0836 e. The van der Waals surface area contributed by atoms with Crippen molar-refractivity contribution in [2.24, 2.45) is 5.92 Å². The van der Waals surface area contributed by atoms with Crippen LogP contribution in [0.5, 0.6) is 0 Å². The zero-order chi connectivity index (χ0) is 12.1. The average molecular weight is 227 g/mol. The van der Waals surface area contributed by atoms with Gasteiger partial charge in [-0.2, -0.15) is 0 Å². The molecule has 0 amide bonds. The highest BCUT2D eigenvalue weighted by Crippen LogP contribution is 2.10. The normalized spacial score (nSPS) is 11.2. The fourth-order valence-corrected chi connectivity index (χ4v) is 1.71. The van der Waals surface area contributed by atoms with E-state index in [2.05, 4.69) is 20.8 Å². The predicted octanol–water partition coefficient (Wildman–Crippen LogP) is 5.35. The van der Waals surface area contributed by atoms with Crippen molar-refractivity contribution in [3.05, 3.63) is 6.61 Å². The van der Waals surface area contributed by atoms with Crippen LogP contribution in [-0.2, 0) is 4.74 Å². The van der Waals surface area contributed by atoms with E-state index >= 15 is 0 Å². The van der Waals surface area contributed by atoms with Crippen LogP contribution in [-0.4, -0.2) is 6.61 Å². The summed E-state index contributed by atoms with van der Waals surface area (Å²) < 4.78 is 5.43. The van der Waals surface area contributed by atoms with E-state index in [-0.39, 0.29) is 0 Å². The van der Waals surface area contributed by atoms with Crippen LogP contribution in [0, 0.1) is 12.5 Å². The number of hydrogen-bond acceptors (Lipinski definition) is 1. The van der Waals surface area contributed by atoms with Gasteiger partial charge in [-0.25, -0.2) is 0 Å². The van der Waals surface area contributed by atoms with Crippen LogP contribution >= 0.6 is 0 Å². The molecule has 0 atom stereocenters. The average Bonchev–Trinajstić information content (AvgIpc) is 2.25. The van der Waals surface area contributed by atoms with Crippen LogP contribution in [0.15, 0.2) is 0 Å². The van der Waals surface area contributed by atoms with E-state index in [4.69, 9.17) is 4.74 Å². The molecule has 0 aliphatic rings. The summed E-state index contributed by atoms with van der Waals surface area (Å²) in [6, 6.07) is 0. The zero-order valence-electron chi connectivity index (χ0n) is 11.6. The summed E-state index contributed by atoms with van der Waals surface area (Å²) >= 11 is 0. The first-order valence-corrected chi connectivity index (χ1v) is 7.20. The number of ether oxygens (including phenoxy) is 1. The Kier molecular flexibility index (Phi) is 13.0. The molecule has 0 N–H and O–H groups in total. The van der Waals surface area contributed by atoms with Crippen molar-refractivity contribution >= 4 is 0 Å². The summed E-state index contributed by atoms with van der Waals surface area (Å²) in [5, 5.41) is 0. The standard InChI is InChI=1S/C15H31O/c1-4-5-6-7-8-9-10-11-12-13-16-14-15(2)3/h13,15H,4-12,14H2,1-3H3. The Labute approximate surface area is 103 Å². The van der Waals surface area contributed by atoms with Crippen molar-refractivity contribution in [2.75, 3.05) is 6.61 Å². The molecule has 0 aliphatic heterocycles. The van der Waals surface area contributed by atoms with E-state index in [0.717, 1.165) is 13.0 Å². The van der Waals surface area contributed by atoms with Gasteiger partial charge in [0.15, 0.2) is 0 Å². The fraction of sp³-hybridized carbons (Fsp3) is 0.933. The highest BCUT2D eigenvalue weighted by atomic mass is 16.5. The molecule has 0 aromatic heterocycles. The second-order valence-corrected chi connectivity index (χ2v) is 5.16. The van der Waals surface area contributed by atoms with Crippen molar-refractivity contribution in [1.29, 1.82) is 0 Å². The van der Waals surface area contributed by atoms with Crippen LogP contribution in [0.1, 0.15) is 78.6 Å². The molecular weight excluding hydrogens is 196 g/mol. The lowest BCUT2D eigenvalue weighted by molar-refractivity contribution is 0.160. The smallest absolute Gasteiger partial charge is 0.0836 e. The molecule has 0 aromatic rings. The SMILES string of the molecule is CCCCCCCCCC[CH]OCC(C)C. The Morgan fingerprint density at radius 3 is 2.00 bits per heavy atom. The molecule has 0 saturated carbocycles. The molecule has 0 saturated heterocycles. The Balaban J connectivity index is 2.88. The third kappa shape index (κ3) is 14.0. The second-order valence-electron chi connectivity index (χ2n) is 5.16. The van der Waals surface area contributed by atoms with Crippen LogP contribution in [0.3, 0.4) is 0 Å². The van der Waals surface area contributed by atoms with Crippen LogP contribution < -0.4 is 0 Å². The quantitative estimate of drug-likeness (QED) is 0.408. The summed E-state index contributed by atoms with van der Waals surface area (Å²) in [7, 11) is 0. The Bertz CT molecular complexity index is 121. The van der Waals surface area contributed by atoms with Crippen molar-refractivity contribution < 1.29 is 4.74 Å². The van der Waals surface area contributed by atoms with Gasteiger partial charge in [-0.1, -0.05) is 72.1 Å². The van der Waals surface area contributed by atoms with Crippen LogP contribution in [0.25, 0.3) is 0 Å². The van der Waals surface area contributed by atoms with Gasteiger partial charge >= 0.3 is 0 Å². The number of rotatable bonds is 12. The number of hydrogen-bond donors (Lipinski definition) is 0. The maximum atomic E-state index is 5.43. The molecule has 0 rings (SSSR count). The fourth-order valence-electron chi connectivity index (χ4n) is 1.71. The Morgan fingerprint density at radius 1 is 0.875 bits per heavy atom. The molecular formula is C15H31O. The van der Waals surface area contributed by atoms with E-state index in [0.29, 0.717) is 5.92 Å². The summed E-state index contributed by atoms with van der Waals surface area (Å²) in [5.74, 6) is 0.648. The van der Waals surface area contributed by atoms with E-state index in [1.54, 1.807) is 0 Å². The molecule has 0 unspecified atom stereocenters. The molecule has 1 nitrogen and oxygen atoms in total. The topological polar surface area (TPSA) is 9.23 Å². The van der Waals surface area contributed by atoms with E-state index in [9.17, 15) is 0 Å². The molecule has 0 aromatic carbocycles.